The maximum absolute atomic E-state index is 12.1. The molecule has 6 heteroatoms. The zero-order chi connectivity index (χ0) is 16.9. The van der Waals surface area contributed by atoms with E-state index in [2.05, 4.69) is 15.4 Å². The topological polar surface area (TPSA) is 76.9 Å². The number of aromatic nitrogens is 3. The van der Waals surface area contributed by atoms with Gasteiger partial charge in [-0.05, 0) is 25.1 Å². The first-order chi connectivity index (χ1) is 11.6. The summed E-state index contributed by atoms with van der Waals surface area (Å²) >= 11 is 0. The highest BCUT2D eigenvalue weighted by Gasteiger charge is 2.09. The Morgan fingerprint density at radius 1 is 1.04 bits per heavy atom. The third-order valence-electron chi connectivity index (χ3n) is 3.39. The molecule has 0 aliphatic rings. The van der Waals surface area contributed by atoms with Gasteiger partial charge >= 0.3 is 0 Å². The molecule has 0 spiro atoms. The molecule has 0 saturated heterocycles. The molecule has 3 aromatic rings. The van der Waals surface area contributed by atoms with E-state index in [1.807, 2.05) is 43.3 Å². The number of hydrogen-bond donors (Lipinski definition) is 1. The first kappa shape index (κ1) is 15.6. The smallest absolute Gasteiger partial charge is 0.267 e. The van der Waals surface area contributed by atoms with E-state index in [9.17, 15) is 9.59 Å². The summed E-state index contributed by atoms with van der Waals surface area (Å²) in [6.45, 7) is 1.67. The summed E-state index contributed by atoms with van der Waals surface area (Å²) in [7, 11) is 0. The van der Waals surface area contributed by atoms with Crippen molar-refractivity contribution >= 4 is 11.7 Å². The largest absolute Gasteiger partial charge is 0.309 e. The van der Waals surface area contributed by atoms with Crippen molar-refractivity contribution in [3.05, 3.63) is 76.7 Å². The van der Waals surface area contributed by atoms with Gasteiger partial charge in [0, 0.05) is 17.3 Å². The maximum Gasteiger partial charge on any atom is 0.267 e. The second-order valence-electron chi connectivity index (χ2n) is 5.29. The molecule has 0 aliphatic carbocycles. The predicted octanol–water partition coefficient (Wildman–Crippen LogP) is 2.25. The molecule has 3 rings (SSSR count). The molecule has 0 aliphatic heterocycles. The SMILES string of the molecule is Cc1cccc(NC(=O)Cn2nc(-c3ccccc3)ccc2=O)n1. The molecule has 0 unspecified atom stereocenters. The molecule has 2 heterocycles. The van der Waals surface area contributed by atoms with Crippen LogP contribution < -0.4 is 10.9 Å². The van der Waals surface area contributed by atoms with Crippen molar-refractivity contribution in [3.8, 4) is 11.3 Å². The minimum atomic E-state index is -0.354. The third kappa shape index (κ3) is 3.73. The number of hydrogen-bond acceptors (Lipinski definition) is 4. The van der Waals surface area contributed by atoms with E-state index in [1.165, 1.54) is 6.07 Å². The van der Waals surface area contributed by atoms with Crippen molar-refractivity contribution in [1.82, 2.24) is 14.8 Å². The van der Waals surface area contributed by atoms with E-state index in [-0.39, 0.29) is 18.0 Å². The van der Waals surface area contributed by atoms with E-state index >= 15 is 0 Å². The van der Waals surface area contributed by atoms with Crippen LogP contribution in [0.2, 0.25) is 0 Å². The van der Waals surface area contributed by atoms with E-state index in [0.29, 0.717) is 11.5 Å². The summed E-state index contributed by atoms with van der Waals surface area (Å²) < 4.78 is 1.15. The highest BCUT2D eigenvalue weighted by Crippen LogP contribution is 2.14. The predicted molar refractivity (Wildman–Crippen MR) is 91.5 cm³/mol. The molecule has 0 bridgehead atoms. The molecule has 0 saturated carbocycles. The van der Waals surface area contributed by atoms with E-state index < -0.39 is 0 Å². The highest BCUT2D eigenvalue weighted by molar-refractivity contribution is 5.89. The fraction of sp³-hybridized carbons (Fsp3) is 0.111. The average molecular weight is 320 g/mol. The summed E-state index contributed by atoms with van der Waals surface area (Å²) in [5.41, 5.74) is 1.99. The molecule has 120 valence electrons. The average Bonchev–Trinajstić information content (AvgIpc) is 2.57. The Morgan fingerprint density at radius 3 is 2.58 bits per heavy atom. The number of nitrogens with one attached hydrogen (secondary N) is 1. The number of anilines is 1. The molecule has 1 aromatic carbocycles. The van der Waals surface area contributed by atoms with Crippen LogP contribution in [0.15, 0.2) is 65.5 Å². The van der Waals surface area contributed by atoms with Gasteiger partial charge in [-0.3, -0.25) is 9.59 Å². The van der Waals surface area contributed by atoms with Crippen LogP contribution in [0.4, 0.5) is 5.82 Å². The van der Waals surface area contributed by atoms with Crippen molar-refractivity contribution < 1.29 is 4.79 Å². The molecule has 1 N–H and O–H groups in total. The van der Waals surface area contributed by atoms with Gasteiger partial charge < -0.3 is 5.32 Å². The summed E-state index contributed by atoms with van der Waals surface area (Å²) in [6.07, 6.45) is 0. The molecule has 0 radical (unpaired) electrons. The Morgan fingerprint density at radius 2 is 1.83 bits per heavy atom. The standard InChI is InChI=1S/C18H16N4O2/c1-13-6-5-9-16(19-13)20-17(23)12-22-18(24)11-10-15(21-22)14-7-3-2-4-8-14/h2-11H,12H2,1H3,(H,19,20,23). The fourth-order valence-electron chi connectivity index (χ4n) is 2.26. The van der Waals surface area contributed by atoms with Gasteiger partial charge in [-0.25, -0.2) is 9.67 Å². The summed E-state index contributed by atoms with van der Waals surface area (Å²) in [5.74, 6) is 0.0974. The van der Waals surface area contributed by atoms with Crippen LogP contribution in [0.3, 0.4) is 0 Å². The van der Waals surface area contributed by atoms with Crippen molar-refractivity contribution in [3.63, 3.8) is 0 Å². The van der Waals surface area contributed by atoms with Crippen LogP contribution in [0, 0.1) is 6.92 Å². The van der Waals surface area contributed by atoms with Crippen LogP contribution in [0.5, 0.6) is 0 Å². The Hall–Kier alpha value is -3.28. The van der Waals surface area contributed by atoms with Gasteiger partial charge in [0.2, 0.25) is 5.91 Å². The van der Waals surface area contributed by atoms with Crippen molar-refractivity contribution in [2.75, 3.05) is 5.32 Å². The number of nitrogens with zero attached hydrogens (tertiary/aromatic N) is 3. The number of rotatable bonds is 4. The molecule has 24 heavy (non-hydrogen) atoms. The molecule has 2 aromatic heterocycles. The Labute approximate surface area is 138 Å². The number of carbonyl (C=O) groups is 1. The Kier molecular flexibility index (Phi) is 4.47. The lowest BCUT2D eigenvalue weighted by molar-refractivity contribution is -0.117. The lowest BCUT2D eigenvalue weighted by Gasteiger charge is -2.08. The first-order valence-corrected chi connectivity index (χ1v) is 7.49. The van der Waals surface area contributed by atoms with Crippen molar-refractivity contribution in [2.24, 2.45) is 0 Å². The molecule has 0 atom stereocenters. The van der Waals surface area contributed by atoms with Gasteiger partial charge in [0.25, 0.3) is 5.56 Å². The second kappa shape index (κ2) is 6.87. The van der Waals surface area contributed by atoms with Gasteiger partial charge in [0.15, 0.2) is 0 Å². The highest BCUT2D eigenvalue weighted by atomic mass is 16.2. The van der Waals surface area contributed by atoms with Crippen LogP contribution in [0.1, 0.15) is 5.69 Å². The molecule has 0 fully saturated rings. The summed E-state index contributed by atoms with van der Waals surface area (Å²) in [4.78, 5) is 28.3. The van der Waals surface area contributed by atoms with Crippen LogP contribution in [-0.2, 0) is 11.3 Å². The van der Waals surface area contributed by atoms with E-state index in [1.54, 1.807) is 18.2 Å². The molecular weight excluding hydrogens is 304 g/mol. The van der Waals surface area contributed by atoms with Gasteiger partial charge in [0.1, 0.15) is 12.4 Å². The normalized spacial score (nSPS) is 10.4. The van der Waals surface area contributed by atoms with E-state index in [0.717, 1.165) is 15.9 Å². The van der Waals surface area contributed by atoms with E-state index in [4.69, 9.17) is 0 Å². The number of benzene rings is 1. The monoisotopic (exact) mass is 320 g/mol. The molecule has 6 nitrogen and oxygen atoms in total. The summed E-state index contributed by atoms with van der Waals surface area (Å²) in [5, 5.41) is 6.93. The minimum Gasteiger partial charge on any atom is -0.309 e. The Bertz CT molecular complexity index is 920. The zero-order valence-corrected chi connectivity index (χ0v) is 13.1. The van der Waals surface area contributed by atoms with Gasteiger partial charge in [-0.2, -0.15) is 5.10 Å². The van der Waals surface area contributed by atoms with Crippen LogP contribution in [-0.4, -0.2) is 20.7 Å². The van der Waals surface area contributed by atoms with Crippen LogP contribution >= 0.6 is 0 Å². The van der Waals surface area contributed by atoms with Crippen molar-refractivity contribution in [2.45, 2.75) is 13.5 Å². The van der Waals surface area contributed by atoms with Gasteiger partial charge in [0.05, 0.1) is 5.69 Å². The third-order valence-corrected chi connectivity index (χ3v) is 3.39. The fourth-order valence-corrected chi connectivity index (χ4v) is 2.26. The van der Waals surface area contributed by atoms with Crippen LogP contribution in [0.25, 0.3) is 11.3 Å². The molecular formula is C18H16N4O2. The minimum absolute atomic E-state index is 0.171. The number of amides is 1. The second-order valence-corrected chi connectivity index (χ2v) is 5.29. The van der Waals surface area contributed by atoms with Gasteiger partial charge in [-0.1, -0.05) is 36.4 Å². The number of carbonyl (C=O) groups excluding carboxylic acids is 1. The number of pyridine rings is 1. The lowest BCUT2D eigenvalue weighted by atomic mass is 10.1. The quantitative estimate of drug-likeness (QED) is 0.800. The van der Waals surface area contributed by atoms with Gasteiger partial charge in [-0.15, -0.1) is 0 Å². The first-order valence-electron chi connectivity index (χ1n) is 7.49. The zero-order valence-electron chi connectivity index (χ0n) is 13.1. The number of aryl methyl sites for hydroxylation is 1. The maximum atomic E-state index is 12.1. The molecule has 1 amide bonds. The van der Waals surface area contributed by atoms with Crippen molar-refractivity contribution in [1.29, 1.82) is 0 Å². The summed E-state index contributed by atoms with van der Waals surface area (Å²) in [6, 6.07) is 17.9. The lowest BCUT2D eigenvalue weighted by Crippen LogP contribution is -2.29. The Balaban J connectivity index is 1.79.